The first-order chi connectivity index (χ1) is 12.3. The Balaban J connectivity index is 1.92. The lowest BCUT2D eigenvalue weighted by atomic mass is 10.0. The molecular formula is C19H23Cl2N3OS. The molecular weight excluding hydrogens is 389 g/mol. The maximum Gasteiger partial charge on any atom is 0.220 e. The number of aryl methyl sites for hydroxylation is 2. The summed E-state index contributed by atoms with van der Waals surface area (Å²) < 4.78 is 0. The topological polar surface area (TPSA) is 54.9 Å². The fourth-order valence-corrected chi connectivity index (χ4v) is 4.07. The molecule has 2 rings (SSSR count). The maximum atomic E-state index is 12.2. The van der Waals surface area contributed by atoms with Gasteiger partial charge in [-0.3, -0.25) is 4.79 Å². The highest BCUT2D eigenvalue weighted by Crippen LogP contribution is 2.31. The van der Waals surface area contributed by atoms with Crippen LogP contribution >= 0.6 is 35.0 Å². The summed E-state index contributed by atoms with van der Waals surface area (Å²) in [5.74, 6) is 0.0283. The van der Waals surface area contributed by atoms with Crippen molar-refractivity contribution in [3.05, 3.63) is 50.8 Å². The highest BCUT2D eigenvalue weighted by molar-refractivity contribution is 7.98. The fraction of sp³-hybridized carbons (Fsp3) is 0.421. The van der Waals surface area contributed by atoms with E-state index in [0.29, 0.717) is 29.4 Å². The second-order valence-electron chi connectivity index (χ2n) is 6.20. The summed E-state index contributed by atoms with van der Waals surface area (Å²) in [4.78, 5) is 21.2. The van der Waals surface area contributed by atoms with Gasteiger partial charge in [-0.25, -0.2) is 9.97 Å². The van der Waals surface area contributed by atoms with Crippen LogP contribution in [0, 0.1) is 13.8 Å². The van der Waals surface area contributed by atoms with E-state index < -0.39 is 0 Å². The van der Waals surface area contributed by atoms with Gasteiger partial charge in [0, 0.05) is 40.3 Å². The Bertz CT molecular complexity index is 755. The first-order valence-electron chi connectivity index (χ1n) is 8.42. The van der Waals surface area contributed by atoms with Crippen molar-refractivity contribution in [1.82, 2.24) is 15.3 Å². The Labute approximate surface area is 169 Å². The van der Waals surface area contributed by atoms with Gasteiger partial charge in [0.1, 0.15) is 0 Å². The van der Waals surface area contributed by atoms with Crippen molar-refractivity contribution in [3.63, 3.8) is 0 Å². The minimum atomic E-state index is -0.00670. The highest BCUT2D eigenvalue weighted by Gasteiger charge is 2.15. The number of amides is 1. The SMILES string of the molecule is CSc1nc(C)c(CCC(=O)NCC(C)c2c(Cl)cccc2Cl)c(C)n1. The smallest absolute Gasteiger partial charge is 0.220 e. The van der Waals surface area contributed by atoms with Crippen molar-refractivity contribution in [2.24, 2.45) is 0 Å². The molecule has 1 atom stereocenters. The molecule has 1 N–H and O–H groups in total. The number of aromatic nitrogens is 2. The zero-order chi connectivity index (χ0) is 19.3. The maximum absolute atomic E-state index is 12.2. The van der Waals surface area contributed by atoms with E-state index in [1.54, 1.807) is 0 Å². The summed E-state index contributed by atoms with van der Waals surface area (Å²) in [6.07, 6.45) is 2.97. The summed E-state index contributed by atoms with van der Waals surface area (Å²) >= 11 is 14.0. The molecule has 1 aromatic heterocycles. The fourth-order valence-electron chi connectivity index (χ4n) is 2.84. The third-order valence-corrected chi connectivity index (χ3v) is 5.49. The number of nitrogens with zero attached hydrogens (tertiary/aromatic N) is 2. The molecule has 0 aliphatic rings. The summed E-state index contributed by atoms with van der Waals surface area (Å²) in [6.45, 7) is 6.41. The lowest BCUT2D eigenvalue weighted by Gasteiger charge is -2.16. The van der Waals surface area contributed by atoms with Crippen LogP contribution in [0.2, 0.25) is 10.0 Å². The molecule has 1 aromatic carbocycles. The van der Waals surface area contributed by atoms with Gasteiger partial charge in [0.05, 0.1) is 0 Å². The van der Waals surface area contributed by atoms with Gasteiger partial charge in [-0.1, -0.05) is 48.0 Å². The van der Waals surface area contributed by atoms with Crippen molar-refractivity contribution in [1.29, 1.82) is 0 Å². The molecule has 140 valence electrons. The highest BCUT2D eigenvalue weighted by atomic mass is 35.5. The van der Waals surface area contributed by atoms with Crippen LogP contribution in [0.1, 0.15) is 41.8 Å². The Morgan fingerprint density at radius 2 is 1.77 bits per heavy atom. The predicted molar refractivity (Wildman–Crippen MR) is 109 cm³/mol. The predicted octanol–water partition coefficient (Wildman–Crippen LogP) is 4.97. The molecule has 0 spiro atoms. The van der Waals surface area contributed by atoms with Gasteiger partial charge in [-0.05, 0) is 49.8 Å². The normalized spacial score (nSPS) is 12.1. The molecule has 1 heterocycles. The molecule has 0 saturated carbocycles. The van der Waals surface area contributed by atoms with Crippen LogP contribution in [-0.2, 0) is 11.2 Å². The number of thioether (sulfide) groups is 1. The van der Waals surface area contributed by atoms with Crippen molar-refractivity contribution in [2.45, 2.75) is 44.7 Å². The minimum Gasteiger partial charge on any atom is -0.355 e. The number of carbonyl (C=O) groups excluding carboxylic acids is 1. The van der Waals surface area contributed by atoms with Crippen molar-refractivity contribution < 1.29 is 4.79 Å². The molecule has 7 heteroatoms. The summed E-state index contributed by atoms with van der Waals surface area (Å²) in [7, 11) is 0. The Morgan fingerprint density at radius 3 is 2.31 bits per heavy atom. The zero-order valence-corrected chi connectivity index (χ0v) is 17.7. The Morgan fingerprint density at radius 1 is 1.19 bits per heavy atom. The molecule has 26 heavy (non-hydrogen) atoms. The number of nitrogens with one attached hydrogen (secondary N) is 1. The van der Waals surface area contributed by atoms with Crippen molar-refractivity contribution >= 4 is 40.9 Å². The first-order valence-corrected chi connectivity index (χ1v) is 10.4. The van der Waals surface area contributed by atoms with Crippen LogP contribution < -0.4 is 5.32 Å². The number of hydrogen-bond acceptors (Lipinski definition) is 4. The summed E-state index contributed by atoms with van der Waals surface area (Å²) in [6, 6.07) is 5.43. The van der Waals surface area contributed by atoms with E-state index >= 15 is 0 Å². The van der Waals surface area contributed by atoms with Gasteiger partial charge in [0.25, 0.3) is 0 Å². The van der Waals surface area contributed by atoms with Gasteiger partial charge >= 0.3 is 0 Å². The molecule has 1 amide bonds. The Kier molecular flexibility index (Phi) is 7.74. The quantitative estimate of drug-likeness (QED) is 0.515. The monoisotopic (exact) mass is 411 g/mol. The van der Waals surface area contributed by atoms with Crippen LogP contribution in [0.15, 0.2) is 23.4 Å². The largest absolute Gasteiger partial charge is 0.355 e. The van der Waals surface area contributed by atoms with Gasteiger partial charge in [0.2, 0.25) is 5.91 Å². The van der Waals surface area contributed by atoms with Gasteiger partial charge in [-0.15, -0.1) is 0 Å². The van der Waals surface area contributed by atoms with E-state index in [0.717, 1.165) is 27.7 Å². The molecule has 0 radical (unpaired) electrons. The van der Waals surface area contributed by atoms with E-state index in [4.69, 9.17) is 23.2 Å². The number of rotatable bonds is 7. The minimum absolute atomic E-state index is 0.00670. The number of halogens is 2. The van der Waals surface area contributed by atoms with Crippen LogP contribution in [0.5, 0.6) is 0 Å². The molecule has 0 aliphatic heterocycles. The number of carbonyl (C=O) groups is 1. The second kappa shape index (κ2) is 9.58. The average molecular weight is 412 g/mol. The number of benzene rings is 1. The van der Waals surface area contributed by atoms with Crippen LogP contribution in [0.25, 0.3) is 0 Å². The lowest BCUT2D eigenvalue weighted by Crippen LogP contribution is -2.28. The summed E-state index contributed by atoms with van der Waals surface area (Å²) in [5, 5.41) is 4.97. The Hall–Kier alpha value is -1.30. The van der Waals surface area contributed by atoms with Crippen LogP contribution in [0.3, 0.4) is 0 Å². The van der Waals surface area contributed by atoms with E-state index in [1.165, 1.54) is 11.8 Å². The van der Waals surface area contributed by atoms with E-state index in [9.17, 15) is 4.79 Å². The second-order valence-corrected chi connectivity index (χ2v) is 7.79. The first kappa shape index (κ1) is 21.0. The molecule has 0 aliphatic carbocycles. The lowest BCUT2D eigenvalue weighted by molar-refractivity contribution is -0.121. The van der Waals surface area contributed by atoms with Gasteiger partial charge in [-0.2, -0.15) is 0 Å². The van der Waals surface area contributed by atoms with Gasteiger partial charge < -0.3 is 5.32 Å². The zero-order valence-electron chi connectivity index (χ0n) is 15.4. The van der Waals surface area contributed by atoms with E-state index in [1.807, 2.05) is 45.2 Å². The molecule has 0 bridgehead atoms. The van der Waals surface area contributed by atoms with Crippen LogP contribution in [-0.4, -0.2) is 28.7 Å². The molecule has 0 saturated heterocycles. The van der Waals surface area contributed by atoms with Crippen LogP contribution in [0.4, 0.5) is 0 Å². The average Bonchev–Trinajstić information content (AvgIpc) is 2.58. The third-order valence-electron chi connectivity index (χ3n) is 4.28. The molecule has 0 fully saturated rings. The standard InChI is InChI=1S/C19H23Cl2N3OS/c1-11(18-15(20)6-5-7-16(18)21)10-22-17(25)9-8-14-12(2)23-19(26-4)24-13(14)3/h5-7,11H,8-10H2,1-4H3,(H,22,25). The number of hydrogen-bond donors (Lipinski definition) is 1. The van der Waals surface area contributed by atoms with Crippen molar-refractivity contribution in [3.8, 4) is 0 Å². The molecule has 4 nitrogen and oxygen atoms in total. The molecule has 2 aromatic rings. The molecule has 1 unspecified atom stereocenters. The summed E-state index contributed by atoms with van der Waals surface area (Å²) in [5.41, 5.74) is 3.78. The third kappa shape index (κ3) is 5.35. The van der Waals surface area contributed by atoms with Gasteiger partial charge in [0.15, 0.2) is 5.16 Å². The van der Waals surface area contributed by atoms with E-state index in [2.05, 4.69) is 15.3 Å². The van der Waals surface area contributed by atoms with Crippen molar-refractivity contribution in [2.75, 3.05) is 12.8 Å². The van der Waals surface area contributed by atoms with E-state index in [-0.39, 0.29) is 11.8 Å².